The fourth-order valence-electron chi connectivity index (χ4n) is 5.38. The highest BCUT2D eigenvalue weighted by atomic mass is 32.1. The number of carbonyl (C=O) groups excluding carboxylic acids is 2. The van der Waals surface area contributed by atoms with Gasteiger partial charge in [-0.15, -0.1) is 11.3 Å². The Kier molecular flexibility index (Phi) is 6.87. The normalized spacial score (nSPS) is 24.0. The van der Waals surface area contributed by atoms with Gasteiger partial charge in [0.2, 0.25) is 5.91 Å². The molecule has 1 amide bonds. The van der Waals surface area contributed by atoms with Crippen molar-refractivity contribution in [1.82, 2.24) is 20.4 Å². The summed E-state index contributed by atoms with van der Waals surface area (Å²) in [6.07, 6.45) is 1.21. The molecule has 2 N–H and O–H groups in total. The molecule has 0 aliphatic carbocycles. The maximum atomic E-state index is 13.8. The minimum absolute atomic E-state index is 0.0864. The summed E-state index contributed by atoms with van der Waals surface area (Å²) in [5.41, 5.74) is 4.32. The molecule has 0 saturated carbocycles. The second kappa shape index (κ2) is 9.99. The van der Waals surface area contributed by atoms with E-state index in [1.54, 1.807) is 28.4 Å². The van der Waals surface area contributed by atoms with Gasteiger partial charge >= 0.3 is 0 Å². The Hall–Kier alpha value is -3.50. The Morgan fingerprint density at radius 1 is 1.32 bits per heavy atom. The van der Waals surface area contributed by atoms with Crippen LogP contribution in [-0.4, -0.2) is 57.6 Å². The van der Waals surface area contributed by atoms with Gasteiger partial charge in [-0.25, -0.2) is 4.98 Å². The Balaban J connectivity index is 1.39. The molecule has 38 heavy (non-hydrogen) atoms. The topological polar surface area (TPSA) is 118 Å². The molecule has 0 radical (unpaired) electrons. The van der Waals surface area contributed by atoms with Gasteiger partial charge in [0.15, 0.2) is 11.5 Å². The minimum atomic E-state index is -0.978. The predicted molar refractivity (Wildman–Crippen MR) is 143 cm³/mol. The van der Waals surface area contributed by atoms with E-state index in [4.69, 9.17) is 9.26 Å². The highest BCUT2D eigenvalue weighted by Crippen LogP contribution is 2.38. The summed E-state index contributed by atoms with van der Waals surface area (Å²) < 4.78 is 10.6. The van der Waals surface area contributed by atoms with Crippen molar-refractivity contribution in [3.8, 4) is 16.3 Å². The van der Waals surface area contributed by atoms with Crippen molar-refractivity contribution < 1.29 is 24.0 Å². The quantitative estimate of drug-likeness (QED) is 0.468. The first-order chi connectivity index (χ1) is 18.1. The number of nitrogens with zero attached hydrogens (tertiary/aromatic N) is 3. The molecule has 200 valence electrons. The Morgan fingerprint density at radius 2 is 2.05 bits per heavy atom. The predicted octanol–water partition coefficient (Wildman–Crippen LogP) is 3.79. The van der Waals surface area contributed by atoms with Gasteiger partial charge < -0.3 is 24.6 Å². The van der Waals surface area contributed by atoms with Crippen LogP contribution in [-0.2, 0) is 15.1 Å². The molecule has 0 unspecified atom stereocenters. The van der Waals surface area contributed by atoms with E-state index in [1.807, 2.05) is 57.5 Å². The van der Waals surface area contributed by atoms with E-state index in [2.05, 4.69) is 15.5 Å². The standard InChI is InChI=1S/C28H32N4O5S/c1-15(2)25(22-12-24(36-5)31-37-22)27(35)32-13-19(33)10-21(32)20-11-23(34)28(4,30-20)18-8-6-17(7-9-18)26-16(3)29-14-38-26/h6-9,11-12,14-15,19,21,25,30,33H,10,13H2,1-5H3/t19-,21-,25-,28+/m1/s1. The molecule has 2 aliphatic heterocycles. The molecular weight excluding hydrogens is 504 g/mol. The lowest BCUT2D eigenvalue weighted by Gasteiger charge is -2.32. The first-order valence-electron chi connectivity index (χ1n) is 12.7. The zero-order valence-corrected chi connectivity index (χ0v) is 22.9. The number of amides is 1. The molecule has 4 atom stereocenters. The number of aromatic nitrogens is 2. The number of benzene rings is 1. The number of likely N-dealkylation sites (tertiary alicyclic amines) is 1. The summed E-state index contributed by atoms with van der Waals surface area (Å²) in [5, 5.41) is 17.8. The number of hydrogen-bond acceptors (Lipinski definition) is 9. The van der Waals surface area contributed by atoms with Crippen LogP contribution in [0.1, 0.15) is 50.1 Å². The number of aliphatic hydroxyl groups is 1. The first-order valence-corrected chi connectivity index (χ1v) is 13.5. The molecule has 2 aliphatic rings. The number of ether oxygens (including phenoxy) is 1. The summed E-state index contributed by atoms with van der Waals surface area (Å²) in [6.45, 7) is 7.87. The molecular formula is C28H32N4O5S. The van der Waals surface area contributed by atoms with E-state index in [-0.39, 0.29) is 24.2 Å². The van der Waals surface area contributed by atoms with Crippen LogP contribution in [0.3, 0.4) is 0 Å². The third kappa shape index (κ3) is 4.52. The van der Waals surface area contributed by atoms with Gasteiger partial charge in [0.05, 0.1) is 35.3 Å². The van der Waals surface area contributed by atoms with E-state index in [0.29, 0.717) is 23.8 Å². The maximum absolute atomic E-state index is 13.8. The van der Waals surface area contributed by atoms with E-state index in [1.165, 1.54) is 7.11 Å². The van der Waals surface area contributed by atoms with E-state index in [9.17, 15) is 14.7 Å². The molecule has 5 rings (SSSR count). The number of aryl methyl sites for hydroxylation is 1. The van der Waals surface area contributed by atoms with Gasteiger partial charge in [-0.05, 0) is 36.0 Å². The lowest BCUT2D eigenvalue weighted by Crippen LogP contribution is -2.46. The summed E-state index contributed by atoms with van der Waals surface area (Å²) in [5.74, 6) is -0.262. The SMILES string of the molecule is COc1cc([C@H](C(=O)N2C[C@H](O)C[C@@H]2C2=CC(=O)[C@](C)(c3ccc(-c4scnc4C)cc3)N2)C(C)C)on1. The van der Waals surface area contributed by atoms with Gasteiger partial charge in [-0.3, -0.25) is 9.59 Å². The number of carbonyl (C=O) groups is 2. The van der Waals surface area contributed by atoms with Crippen LogP contribution in [0, 0.1) is 12.8 Å². The van der Waals surface area contributed by atoms with Crippen LogP contribution in [0.5, 0.6) is 5.88 Å². The summed E-state index contributed by atoms with van der Waals surface area (Å²) in [4.78, 5) is 34.2. The van der Waals surface area contributed by atoms with Gasteiger partial charge in [0.25, 0.3) is 5.88 Å². The number of nitrogens with one attached hydrogen (secondary N) is 1. The van der Waals surface area contributed by atoms with Gasteiger partial charge in [-0.1, -0.05) is 38.1 Å². The average Bonchev–Trinajstić information content (AvgIpc) is 3.67. The Bertz CT molecular complexity index is 1380. The summed E-state index contributed by atoms with van der Waals surface area (Å²) in [7, 11) is 1.49. The van der Waals surface area contributed by atoms with E-state index in [0.717, 1.165) is 21.7 Å². The van der Waals surface area contributed by atoms with Crippen LogP contribution < -0.4 is 10.1 Å². The summed E-state index contributed by atoms with van der Waals surface area (Å²) in [6, 6.07) is 9.07. The van der Waals surface area contributed by atoms with Crippen molar-refractivity contribution in [1.29, 1.82) is 0 Å². The minimum Gasteiger partial charge on any atom is -0.479 e. The zero-order chi connectivity index (χ0) is 27.2. The molecule has 1 fully saturated rings. The lowest BCUT2D eigenvalue weighted by molar-refractivity contribution is -0.135. The monoisotopic (exact) mass is 536 g/mol. The fourth-order valence-corrected chi connectivity index (χ4v) is 6.19. The molecule has 10 heteroatoms. The highest BCUT2D eigenvalue weighted by molar-refractivity contribution is 7.13. The second-order valence-corrected chi connectivity index (χ2v) is 11.3. The van der Waals surface area contributed by atoms with Crippen LogP contribution in [0.2, 0.25) is 0 Å². The molecule has 2 aromatic heterocycles. The molecule has 0 spiro atoms. The smallest absolute Gasteiger partial charge is 0.254 e. The molecule has 3 aromatic rings. The average molecular weight is 537 g/mol. The number of hydrogen-bond donors (Lipinski definition) is 2. The van der Waals surface area contributed by atoms with Crippen molar-refractivity contribution in [2.75, 3.05) is 13.7 Å². The van der Waals surface area contributed by atoms with Crippen molar-refractivity contribution in [2.24, 2.45) is 5.92 Å². The first kappa shape index (κ1) is 26.1. The molecule has 0 bridgehead atoms. The maximum Gasteiger partial charge on any atom is 0.254 e. The zero-order valence-electron chi connectivity index (χ0n) is 22.1. The van der Waals surface area contributed by atoms with Crippen molar-refractivity contribution in [2.45, 2.75) is 57.7 Å². The van der Waals surface area contributed by atoms with Crippen molar-refractivity contribution in [3.63, 3.8) is 0 Å². The van der Waals surface area contributed by atoms with Crippen LogP contribution in [0.15, 0.2) is 52.1 Å². The number of methoxy groups -OCH3 is 1. The van der Waals surface area contributed by atoms with Gasteiger partial charge in [0.1, 0.15) is 11.5 Å². The van der Waals surface area contributed by atoms with Crippen LogP contribution in [0.4, 0.5) is 0 Å². The molecule has 4 heterocycles. The number of rotatable bonds is 7. The third-order valence-corrected chi connectivity index (χ3v) is 8.50. The number of ketones is 1. The van der Waals surface area contributed by atoms with Gasteiger partial charge in [0, 0.05) is 30.8 Å². The summed E-state index contributed by atoms with van der Waals surface area (Å²) >= 11 is 1.58. The lowest BCUT2D eigenvalue weighted by atomic mass is 9.89. The van der Waals surface area contributed by atoms with Crippen molar-refractivity contribution in [3.05, 3.63) is 64.6 Å². The van der Waals surface area contributed by atoms with E-state index >= 15 is 0 Å². The number of aliphatic hydroxyl groups excluding tert-OH is 1. The Labute approximate surface area is 225 Å². The van der Waals surface area contributed by atoms with Crippen molar-refractivity contribution >= 4 is 23.0 Å². The van der Waals surface area contributed by atoms with Crippen LogP contribution in [0.25, 0.3) is 10.4 Å². The highest BCUT2D eigenvalue weighted by Gasteiger charge is 2.47. The number of thiazole rings is 1. The Morgan fingerprint density at radius 3 is 2.66 bits per heavy atom. The second-order valence-electron chi connectivity index (χ2n) is 10.4. The van der Waals surface area contributed by atoms with Gasteiger partial charge in [-0.2, -0.15) is 0 Å². The fraction of sp³-hybridized carbons (Fsp3) is 0.429. The van der Waals surface area contributed by atoms with E-state index < -0.39 is 23.6 Å². The largest absolute Gasteiger partial charge is 0.479 e. The molecule has 9 nitrogen and oxygen atoms in total. The number of β-amino-alcohol motifs (C(OH)–C–C–N with tert-alkyl or cyclic N) is 1. The molecule has 1 aromatic carbocycles. The van der Waals surface area contributed by atoms with Crippen LogP contribution >= 0.6 is 11.3 Å². The molecule has 1 saturated heterocycles. The third-order valence-electron chi connectivity index (χ3n) is 7.52.